The van der Waals surface area contributed by atoms with Gasteiger partial charge in [-0.15, -0.1) is 24.0 Å². The second kappa shape index (κ2) is 9.78. The minimum absolute atomic E-state index is 0. The van der Waals surface area contributed by atoms with Crippen LogP contribution in [0.15, 0.2) is 23.2 Å². The Morgan fingerprint density at radius 1 is 1.38 bits per heavy atom. The number of halogens is 1. The molecule has 0 aliphatic carbocycles. The fraction of sp³-hybridized carbons (Fsp3) is 0.650. The van der Waals surface area contributed by atoms with Crippen LogP contribution in [-0.4, -0.2) is 57.4 Å². The van der Waals surface area contributed by atoms with Crippen LogP contribution in [-0.2, 0) is 11.2 Å². The topological polar surface area (TPSA) is 46.1 Å². The average Bonchev–Trinajstić information content (AvgIpc) is 3.24. The van der Waals surface area contributed by atoms with Crippen LogP contribution in [0.3, 0.4) is 0 Å². The van der Waals surface area contributed by atoms with Gasteiger partial charge in [0.05, 0.1) is 13.7 Å². The van der Waals surface area contributed by atoms with Gasteiger partial charge in [-0.3, -0.25) is 4.99 Å². The summed E-state index contributed by atoms with van der Waals surface area (Å²) in [5, 5.41) is 3.46. The van der Waals surface area contributed by atoms with Gasteiger partial charge in [0.25, 0.3) is 0 Å². The van der Waals surface area contributed by atoms with Gasteiger partial charge < -0.3 is 19.7 Å². The van der Waals surface area contributed by atoms with E-state index in [1.54, 1.807) is 7.11 Å². The van der Waals surface area contributed by atoms with Crippen LogP contribution < -0.4 is 10.1 Å². The molecule has 2 fully saturated rings. The Bertz CT molecular complexity index is 615. The summed E-state index contributed by atoms with van der Waals surface area (Å²) in [4.78, 5) is 7.29. The number of ether oxygens (including phenoxy) is 2. The van der Waals surface area contributed by atoms with Crippen molar-refractivity contribution < 1.29 is 9.47 Å². The van der Waals surface area contributed by atoms with E-state index in [1.807, 2.05) is 6.07 Å². The SMILES string of the molecule is CCNC(=NCCc1cc(C)ccc1OC)N1CCC2(CCOC2)C1.I. The predicted molar refractivity (Wildman–Crippen MR) is 117 cm³/mol. The molecule has 3 rings (SSSR count). The third-order valence-corrected chi connectivity index (χ3v) is 5.34. The number of benzene rings is 1. The molecule has 1 aromatic carbocycles. The van der Waals surface area contributed by atoms with Crippen LogP contribution >= 0.6 is 24.0 Å². The van der Waals surface area contributed by atoms with Gasteiger partial charge in [-0.05, 0) is 44.7 Å². The van der Waals surface area contributed by atoms with Crippen molar-refractivity contribution in [2.75, 3.05) is 46.5 Å². The van der Waals surface area contributed by atoms with Crippen molar-refractivity contribution in [3.63, 3.8) is 0 Å². The van der Waals surface area contributed by atoms with Crippen LogP contribution in [0.5, 0.6) is 5.75 Å². The van der Waals surface area contributed by atoms with E-state index < -0.39 is 0 Å². The summed E-state index contributed by atoms with van der Waals surface area (Å²) >= 11 is 0. The monoisotopic (exact) mass is 473 g/mol. The Kier molecular flexibility index (Phi) is 8.01. The maximum absolute atomic E-state index is 5.65. The number of methoxy groups -OCH3 is 1. The summed E-state index contributed by atoms with van der Waals surface area (Å²) in [5.41, 5.74) is 2.84. The summed E-state index contributed by atoms with van der Waals surface area (Å²) in [6.07, 6.45) is 3.29. The van der Waals surface area contributed by atoms with Gasteiger partial charge in [-0.2, -0.15) is 0 Å². The van der Waals surface area contributed by atoms with Crippen LogP contribution in [0.25, 0.3) is 0 Å². The van der Waals surface area contributed by atoms with Crippen molar-refractivity contribution in [3.8, 4) is 5.75 Å². The zero-order chi connectivity index (χ0) is 17.7. The standard InChI is InChI=1S/C20H31N3O2.HI/c1-4-21-19(23-11-8-20(14-23)9-12-25-15-20)22-10-7-17-13-16(2)5-6-18(17)24-3;/h5-6,13H,4,7-12,14-15H2,1-3H3,(H,21,22);1H. The lowest BCUT2D eigenvalue weighted by atomic mass is 9.87. The Morgan fingerprint density at radius 3 is 2.92 bits per heavy atom. The molecular weight excluding hydrogens is 441 g/mol. The molecule has 1 unspecified atom stereocenters. The zero-order valence-electron chi connectivity index (χ0n) is 16.2. The van der Waals surface area contributed by atoms with Crippen LogP contribution in [0.2, 0.25) is 0 Å². The minimum atomic E-state index is 0. The smallest absolute Gasteiger partial charge is 0.193 e. The molecule has 1 aromatic rings. The molecule has 0 aromatic heterocycles. The lowest BCUT2D eigenvalue weighted by Crippen LogP contribution is -2.41. The average molecular weight is 473 g/mol. The summed E-state index contributed by atoms with van der Waals surface area (Å²) in [5.74, 6) is 1.99. The molecule has 1 spiro atoms. The molecule has 1 atom stereocenters. The van der Waals surface area contributed by atoms with Crippen molar-refractivity contribution >= 4 is 29.9 Å². The van der Waals surface area contributed by atoms with Gasteiger partial charge in [0.15, 0.2) is 5.96 Å². The molecule has 26 heavy (non-hydrogen) atoms. The van der Waals surface area contributed by atoms with Crippen molar-refractivity contribution in [1.29, 1.82) is 0 Å². The van der Waals surface area contributed by atoms with E-state index >= 15 is 0 Å². The molecule has 2 heterocycles. The Morgan fingerprint density at radius 2 is 2.23 bits per heavy atom. The van der Waals surface area contributed by atoms with Gasteiger partial charge in [0, 0.05) is 38.2 Å². The van der Waals surface area contributed by atoms with E-state index in [4.69, 9.17) is 14.5 Å². The normalized spacial score (nSPS) is 22.6. The lowest BCUT2D eigenvalue weighted by Gasteiger charge is -2.25. The molecular formula is C20H32IN3O2. The third-order valence-electron chi connectivity index (χ3n) is 5.34. The molecule has 2 saturated heterocycles. The Balaban J connectivity index is 0.00000243. The molecule has 0 amide bonds. The highest BCUT2D eigenvalue weighted by Crippen LogP contribution is 2.38. The number of nitrogens with one attached hydrogen (secondary N) is 1. The van der Waals surface area contributed by atoms with E-state index in [0.717, 1.165) is 57.5 Å². The van der Waals surface area contributed by atoms with Gasteiger partial charge in [0.1, 0.15) is 5.75 Å². The van der Waals surface area contributed by atoms with Gasteiger partial charge >= 0.3 is 0 Å². The van der Waals surface area contributed by atoms with E-state index in [9.17, 15) is 0 Å². The predicted octanol–water partition coefficient (Wildman–Crippen LogP) is 3.24. The highest BCUT2D eigenvalue weighted by Gasteiger charge is 2.42. The number of likely N-dealkylation sites (tertiary alicyclic amines) is 1. The van der Waals surface area contributed by atoms with Crippen molar-refractivity contribution in [2.45, 2.75) is 33.1 Å². The summed E-state index contributed by atoms with van der Waals surface area (Å²) in [6.45, 7) is 9.86. The first-order chi connectivity index (χ1) is 12.2. The number of aryl methyl sites for hydroxylation is 1. The number of guanidine groups is 1. The van der Waals surface area contributed by atoms with E-state index in [2.05, 4.69) is 36.2 Å². The van der Waals surface area contributed by atoms with Crippen LogP contribution in [0.1, 0.15) is 30.9 Å². The summed E-state index contributed by atoms with van der Waals surface area (Å²) in [7, 11) is 1.73. The van der Waals surface area contributed by atoms with Crippen molar-refractivity contribution in [1.82, 2.24) is 10.2 Å². The fourth-order valence-corrected chi connectivity index (χ4v) is 3.90. The zero-order valence-corrected chi connectivity index (χ0v) is 18.5. The molecule has 2 aliphatic rings. The molecule has 1 N–H and O–H groups in total. The maximum atomic E-state index is 5.65. The van der Waals surface area contributed by atoms with E-state index in [0.29, 0.717) is 5.41 Å². The number of hydrogen-bond acceptors (Lipinski definition) is 3. The molecule has 0 bridgehead atoms. The molecule has 0 saturated carbocycles. The van der Waals surface area contributed by atoms with Gasteiger partial charge in [-0.25, -0.2) is 0 Å². The second-order valence-electron chi connectivity index (χ2n) is 7.28. The molecule has 146 valence electrons. The summed E-state index contributed by atoms with van der Waals surface area (Å²) in [6, 6.07) is 6.33. The number of rotatable bonds is 5. The molecule has 6 heteroatoms. The van der Waals surface area contributed by atoms with Gasteiger partial charge in [0.2, 0.25) is 0 Å². The first-order valence-corrected chi connectivity index (χ1v) is 9.40. The van der Waals surface area contributed by atoms with Gasteiger partial charge in [-0.1, -0.05) is 17.7 Å². The number of nitrogens with zero attached hydrogens (tertiary/aromatic N) is 2. The Hall–Kier alpha value is -1.02. The maximum Gasteiger partial charge on any atom is 0.193 e. The van der Waals surface area contributed by atoms with Crippen LogP contribution in [0.4, 0.5) is 0 Å². The molecule has 5 nitrogen and oxygen atoms in total. The van der Waals surface area contributed by atoms with Crippen molar-refractivity contribution in [2.24, 2.45) is 10.4 Å². The first-order valence-electron chi connectivity index (χ1n) is 9.40. The van der Waals surface area contributed by atoms with E-state index in [-0.39, 0.29) is 24.0 Å². The van der Waals surface area contributed by atoms with E-state index in [1.165, 1.54) is 24.0 Å². The number of aliphatic imine (C=N–C) groups is 1. The quantitative estimate of drug-likeness (QED) is 0.405. The first kappa shape index (κ1) is 21.3. The fourth-order valence-electron chi connectivity index (χ4n) is 3.90. The summed E-state index contributed by atoms with van der Waals surface area (Å²) < 4.78 is 11.1. The molecule has 2 aliphatic heterocycles. The highest BCUT2D eigenvalue weighted by atomic mass is 127. The van der Waals surface area contributed by atoms with Crippen LogP contribution in [0, 0.1) is 12.3 Å². The number of hydrogen-bond donors (Lipinski definition) is 1. The largest absolute Gasteiger partial charge is 0.496 e. The Labute approximate surface area is 174 Å². The minimum Gasteiger partial charge on any atom is -0.496 e. The third kappa shape index (κ3) is 5.03. The second-order valence-corrected chi connectivity index (χ2v) is 7.28. The lowest BCUT2D eigenvalue weighted by molar-refractivity contribution is 0.156. The highest BCUT2D eigenvalue weighted by molar-refractivity contribution is 14.0. The molecule has 0 radical (unpaired) electrons. The van der Waals surface area contributed by atoms with Crippen molar-refractivity contribution in [3.05, 3.63) is 29.3 Å².